The summed E-state index contributed by atoms with van der Waals surface area (Å²) < 4.78 is 0. The molecule has 1 heterocycles. The zero-order valence-electron chi connectivity index (χ0n) is 10.9. The lowest BCUT2D eigenvalue weighted by atomic mass is 10.2. The van der Waals surface area contributed by atoms with Crippen LogP contribution in [0.15, 0.2) is 24.3 Å². The molecule has 100 valence electrons. The summed E-state index contributed by atoms with van der Waals surface area (Å²) in [4.78, 5) is 8.99. The third-order valence-corrected chi connectivity index (χ3v) is 3.23. The Kier molecular flexibility index (Phi) is 4.61. The van der Waals surface area contributed by atoms with E-state index in [2.05, 4.69) is 22.2 Å². The molecule has 3 nitrogen and oxygen atoms in total. The van der Waals surface area contributed by atoms with Crippen molar-refractivity contribution in [2.24, 2.45) is 0 Å². The highest BCUT2D eigenvalue weighted by Gasteiger charge is 2.10. The van der Waals surface area contributed by atoms with Crippen molar-refractivity contribution in [2.45, 2.75) is 20.3 Å². The van der Waals surface area contributed by atoms with Crippen LogP contribution >= 0.6 is 23.2 Å². The van der Waals surface area contributed by atoms with Gasteiger partial charge in [-0.05, 0) is 31.5 Å². The number of hydrogen-bond donors (Lipinski definition) is 1. The van der Waals surface area contributed by atoms with Crippen LogP contribution in [0.2, 0.25) is 10.0 Å². The van der Waals surface area contributed by atoms with Gasteiger partial charge in [-0.1, -0.05) is 30.1 Å². The van der Waals surface area contributed by atoms with Crippen molar-refractivity contribution in [3.8, 4) is 11.4 Å². The molecule has 0 bridgehead atoms. The van der Waals surface area contributed by atoms with Crippen molar-refractivity contribution in [1.29, 1.82) is 0 Å². The van der Waals surface area contributed by atoms with Crippen LogP contribution in [0, 0.1) is 0 Å². The second-order valence-electron chi connectivity index (χ2n) is 4.08. The van der Waals surface area contributed by atoms with E-state index in [-0.39, 0.29) is 0 Å². The number of aryl methyl sites for hydroxylation is 1. The highest BCUT2D eigenvalue weighted by atomic mass is 35.5. The molecule has 0 fully saturated rings. The van der Waals surface area contributed by atoms with Gasteiger partial charge in [0.15, 0.2) is 5.82 Å². The molecule has 1 N–H and O–H groups in total. The molecule has 5 heteroatoms. The number of benzene rings is 1. The van der Waals surface area contributed by atoms with Crippen LogP contribution in [0.1, 0.15) is 19.5 Å². The highest BCUT2D eigenvalue weighted by molar-refractivity contribution is 6.35. The van der Waals surface area contributed by atoms with Crippen molar-refractivity contribution in [3.05, 3.63) is 40.0 Å². The lowest BCUT2D eigenvalue weighted by molar-refractivity contribution is 0.998. The smallest absolute Gasteiger partial charge is 0.163 e. The molecule has 0 unspecified atom stereocenters. The molecule has 0 aliphatic rings. The topological polar surface area (TPSA) is 37.8 Å². The van der Waals surface area contributed by atoms with Gasteiger partial charge in [0.2, 0.25) is 0 Å². The van der Waals surface area contributed by atoms with Crippen molar-refractivity contribution in [3.63, 3.8) is 0 Å². The molecule has 0 saturated heterocycles. The van der Waals surface area contributed by atoms with Crippen LogP contribution in [0.25, 0.3) is 11.4 Å². The van der Waals surface area contributed by atoms with E-state index < -0.39 is 0 Å². The van der Waals surface area contributed by atoms with Crippen LogP contribution in [0.4, 0.5) is 5.82 Å². The standard InChI is InChI=1S/C14H15Cl2N3/c1-3-10-8-13(17-4-2)19-14(18-10)11-7-9(15)5-6-12(11)16/h5-8H,3-4H2,1-2H3,(H,17,18,19). The summed E-state index contributed by atoms with van der Waals surface area (Å²) in [5, 5.41) is 4.42. The van der Waals surface area contributed by atoms with Gasteiger partial charge in [-0.15, -0.1) is 0 Å². The molecule has 19 heavy (non-hydrogen) atoms. The first-order valence-corrected chi connectivity index (χ1v) is 6.97. The van der Waals surface area contributed by atoms with E-state index in [1.54, 1.807) is 18.2 Å². The number of aromatic nitrogens is 2. The van der Waals surface area contributed by atoms with Crippen LogP contribution in [-0.4, -0.2) is 16.5 Å². The molecular weight excluding hydrogens is 281 g/mol. The Morgan fingerprint density at radius 1 is 1.11 bits per heavy atom. The Balaban J connectivity index is 2.54. The number of nitrogens with one attached hydrogen (secondary N) is 1. The van der Waals surface area contributed by atoms with Crippen molar-refractivity contribution >= 4 is 29.0 Å². The third-order valence-electron chi connectivity index (χ3n) is 2.67. The summed E-state index contributed by atoms with van der Waals surface area (Å²) in [5.74, 6) is 1.41. The van der Waals surface area contributed by atoms with Crippen molar-refractivity contribution in [2.75, 3.05) is 11.9 Å². The van der Waals surface area contributed by atoms with E-state index in [4.69, 9.17) is 23.2 Å². The average Bonchev–Trinajstić information content (AvgIpc) is 2.41. The fourth-order valence-electron chi connectivity index (χ4n) is 1.74. The van der Waals surface area contributed by atoms with E-state index in [1.807, 2.05) is 13.0 Å². The molecule has 1 aromatic carbocycles. The summed E-state index contributed by atoms with van der Waals surface area (Å²) in [6.07, 6.45) is 0.839. The minimum atomic E-state index is 0.597. The second kappa shape index (κ2) is 6.22. The van der Waals surface area contributed by atoms with E-state index in [0.717, 1.165) is 30.0 Å². The molecule has 0 aliphatic heterocycles. The maximum absolute atomic E-state index is 6.20. The number of nitrogens with zero attached hydrogens (tertiary/aromatic N) is 2. The molecule has 0 atom stereocenters. The van der Waals surface area contributed by atoms with Crippen LogP contribution in [0.5, 0.6) is 0 Å². The number of rotatable bonds is 4. The minimum Gasteiger partial charge on any atom is -0.370 e. The van der Waals surface area contributed by atoms with Gasteiger partial charge in [0.05, 0.1) is 5.02 Å². The summed E-state index contributed by atoms with van der Waals surface area (Å²) in [6.45, 7) is 4.89. The Bertz CT molecular complexity index is 585. The Morgan fingerprint density at radius 3 is 2.58 bits per heavy atom. The Labute approximate surface area is 123 Å². The lowest BCUT2D eigenvalue weighted by Gasteiger charge is -2.09. The first-order valence-electron chi connectivity index (χ1n) is 6.21. The van der Waals surface area contributed by atoms with E-state index >= 15 is 0 Å². The monoisotopic (exact) mass is 295 g/mol. The number of hydrogen-bond acceptors (Lipinski definition) is 3. The number of halogens is 2. The maximum atomic E-state index is 6.20. The van der Waals surface area contributed by atoms with Gasteiger partial charge in [0, 0.05) is 28.9 Å². The van der Waals surface area contributed by atoms with E-state index in [1.165, 1.54) is 0 Å². The molecule has 0 radical (unpaired) electrons. The van der Waals surface area contributed by atoms with Gasteiger partial charge in [-0.3, -0.25) is 0 Å². The fraction of sp³-hybridized carbons (Fsp3) is 0.286. The van der Waals surface area contributed by atoms with Crippen LogP contribution in [-0.2, 0) is 6.42 Å². The zero-order valence-corrected chi connectivity index (χ0v) is 12.4. The second-order valence-corrected chi connectivity index (χ2v) is 4.92. The molecule has 1 aromatic heterocycles. The Morgan fingerprint density at radius 2 is 1.89 bits per heavy atom. The molecule has 2 rings (SSSR count). The molecule has 0 saturated carbocycles. The SMILES string of the molecule is CCNc1cc(CC)nc(-c2cc(Cl)ccc2Cl)n1. The maximum Gasteiger partial charge on any atom is 0.163 e. The van der Waals surface area contributed by atoms with Gasteiger partial charge in [0.1, 0.15) is 5.82 Å². The van der Waals surface area contributed by atoms with Crippen molar-refractivity contribution in [1.82, 2.24) is 9.97 Å². The van der Waals surface area contributed by atoms with Crippen LogP contribution < -0.4 is 5.32 Å². The summed E-state index contributed by atoms with van der Waals surface area (Å²) in [5.41, 5.74) is 1.72. The normalized spacial score (nSPS) is 10.5. The van der Waals surface area contributed by atoms with Gasteiger partial charge < -0.3 is 5.32 Å². The molecule has 0 aliphatic carbocycles. The predicted octanol–water partition coefficient (Wildman–Crippen LogP) is 4.44. The summed E-state index contributed by atoms with van der Waals surface area (Å²) in [7, 11) is 0. The fourth-order valence-corrected chi connectivity index (χ4v) is 2.11. The van der Waals surface area contributed by atoms with Gasteiger partial charge >= 0.3 is 0 Å². The van der Waals surface area contributed by atoms with Gasteiger partial charge in [-0.25, -0.2) is 9.97 Å². The molecule has 2 aromatic rings. The molecule has 0 amide bonds. The minimum absolute atomic E-state index is 0.597. The third kappa shape index (κ3) is 3.37. The zero-order chi connectivity index (χ0) is 13.8. The highest BCUT2D eigenvalue weighted by Crippen LogP contribution is 2.29. The largest absolute Gasteiger partial charge is 0.370 e. The Hall–Kier alpha value is -1.32. The molecular formula is C14H15Cl2N3. The average molecular weight is 296 g/mol. The van der Waals surface area contributed by atoms with E-state index in [0.29, 0.717) is 15.9 Å². The predicted molar refractivity (Wildman–Crippen MR) is 81.0 cm³/mol. The first kappa shape index (κ1) is 14.1. The summed E-state index contributed by atoms with van der Waals surface area (Å²) >= 11 is 12.2. The number of anilines is 1. The first-order chi connectivity index (χ1) is 9.13. The lowest BCUT2D eigenvalue weighted by Crippen LogP contribution is -2.04. The van der Waals surface area contributed by atoms with Gasteiger partial charge in [-0.2, -0.15) is 0 Å². The molecule has 0 spiro atoms. The van der Waals surface area contributed by atoms with Crippen LogP contribution in [0.3, 0.4) is 0 Å². The van der Waals surface area contributed by atoms with E-state index in [9.17, 15) is 0 Å². The summed E-state index contributed by atoms with van der Waals surface area (Å²) in [6, 6.07) is 7.25. The van der Waals surface area contributed by atoms with Crippen molar-refractivity contribution < 1.29 is 0 Å². The quantitative estimate of drug-likeness (QED) is 0.906. The van der Waals surface area contributed by atoms with Gasteiger partial charge in [0.25, 0.3) is 0 Å².